The molecular formula is C14H17N3O4. The van der Waals surface area contributed by atoms with Gasteiger partial charge in [0.05, 0.1) is 18.1 Å². The Kier molecular flexibility index (Phi) is 4.89. The van der Waals surface area contributed by atoms with E-state index in [4.69, 9.17) is 4.74 Å². The number of amides is 1. The number of ether oxygens (including phenoxy) is 1. The van der Waals surface area contributed by atoms with Crippen LogP contribution in [0.1, 0.15) is 10.4 Å². The van der Waals surface area contributed by atoms with E-state index in [1.807, 2.05) is 4.90 Å². The van der Waals surface area contributed by atoms with Gasteiger partial charge >= 0.3 is 0 Å². The number of nitro groups is 1. The highest BCUT2D eigenvalue weighted by atomic mass is 16.6. The van der Waals surface area contributed by atoms with Gasteiger partial charge in [-0.2, -0.15) is 0 Å². The molecule has 112 valence electrons. The van der Waals surface area contributed by atoms with Crippen molar-refractivity contribution < 1.29 is 14.5 Å². The molecule has 7 nitrogen and oxygen atoms in total. The molecule has 0 spiro atoms. The van der Waals surface area contributed by atoms with Crippen molar-refractivity contribution in [2.75, 3.05) is 37.7 Å². The predicted molar refractivity (Wildman–Crippen MR) is 78.7 cm³/mol. The summed E-state index contributed by atoms with van der Waals surface area (Å²) in [6.45, 7) is 6.38. The summed E-state index contributed by atoms with van der Waals surface area (Å²) >= 11 is 0. The molecule has 1 N–H and O–H groups in total. The average Bonchev–Trinajstić information content (AvgIpc) is 2.52. The van der Waals surface area contributed by atoms with E-state index in [-0.39, 0.29) is 17.8 Å². The molecule has 0 saturated carbocycles. The molecule has 1 aliphatic rings. The molecule has 21 heavy (non-hydrogen) atoms. The largest absolute Gasteiger partial charge is 0.378 e. The summed E-state index contributed by atoms with van der Waals surface area (Å²) in [7, 11) is 0. The number of hydrogen-bond donors (Lipinski definition) is 1. The number of benzene rings is 1. The van der Waals surface area contributed by atoms with E-state index in [9.17, 15) is 14.9 Å². The van der Waals surface area contributed by atoms with Crippen molar-refractivity contribution in [1.29, 1.82) is 0 Å². The lowest BCUT2D eigenvalue weighted by molar-refractivity contribution is -0.385. The lowest BCUT2D eigenvalue weighted by Crippen LogP contribution is -2.36. The zero-order valence-corrected chi connectivity index (χ0v) is 11.6. The molecule has 0 aliphatic carbocycles. The van der Waals surface area contributed by atoms with E-state index in [1.54, 1.807) is 12.1 Å². The van der Waals surface area contributed by atoms with Gasteiger partial charge in [0.25, 0.3) is 11.6 Å². The van der Waals surface area contributed by atoms with Crippen LogP contribution in [0.5, 0.6) is 0 Å². The molecule has 2 rings (SSSR count). The standard InChI is InChI=1S/C14H17N3O4/c1-2-5-15-14(18)12-10-11(3-4-13(12)17(19)20)16-6-8-21-9-7-16/h2-4,10H,1,5-9H2,(H,15,18). The Morgan fingerprint density at radius 1 is 1.48 bits per heavy atom. The highest BCUT2D eigenvalue weighted by Crippen LogP contribution is 2.25. The Morgan fingerprint density at radius 2 is 2.19 bits per heavy atom. The van der Waals surface area contributed by atoms with Crippen molar-refractivity contribution in [1.82, 2.24) is 5.32 Å². The molecule has 0 unspecified atom stereocenters. The van der Waals surface area contributed by atoms with Gasteiger partial charge in [0, 0.05) is 31.4 Å². The number of morpholine rings is 1. The van der Waals surface area contributed by atoms with Crippen LogP contribution in [0.25, 0.3) is 0 Å². The van der Waals surface area contributed by atoms with Crippen LogP contribution in [0.2, 0.25) is 0 Å². The maximum absolute atomic E-state index is 12.1. The van der Waals surface area contributed by atoms with Crippen molar-refractivity contribution >= 4 is 17.3 Å². The van der Waals surface area contributed by atoms with Crippen molar-refractivity contribution in [2.24, 2.45) is 0 Å². The third-order valence-corrected chi connectivity index (χ3v) is 3.20. The lowest BCUT2D eigenvalue weighted by atomic mass is 10.1. The number of anilines is 1. The van der Waals surface area contributed by atoms with Crippen molar-refractivity contribution in [3.8, 4) is 0 Å². The summed E-state index contributed by atoms with van der Waals surface area (Å²) in [5, 5.41) is 13.6. The summed E-state index contributed by atoms with van der Waals surface area (Å²) < 4.78 is 5.27. The first-order chi connectivity index (χ1) is 10.1. The van der Waals surface area contributed by atoms with Gasteiger partial charge < -0.3 is 15.0 Å². The molecule has 1 amide bonds. The van der Waals surface area contributed by atoms with Crippen molar-refractivity contribution in [3.05, 3.63) is 46.5 Å². The van der Waals surface area contributed by atoms with E-state index >= 15 is 0 Å². The van der Waals surface area contributed by atoms with Crippen LogP contribution in [-0.4, -0.2) is 43.7 Å². The predicted octanol–water partition coefficient (Wildman–Crippen LogP) is 1.35. The summed E-state index contributed by atoms with van der Waals surface area (Å²) in [5.41, 5.74) is 0.645. The topological polar surface area (TPSA) is 84.7 Å². The Morgan fingerprint density at radius 3 is 2.81 bits per heavy atom. The first-order valence-corrected chi connectivity index (χ1v) is 6.63. The van der Waals surface area contributed by atoms with Crippen LogP contribution in [0.15, 0.2) is 30.9 Å². The summed E-state index contributed by atoms with van der Waals surface area (Å²) in [6.07, 6.45) is 1.52. The molecule has 1 aromatic rings. The highest BCUT2D eigenvalue weighted by molar-refractivity contribution is 5.99. The minimum atomic E-state index is -0.550. The van der Waals surface area contributed by atoms with Gasteiger partial charge in [-0.15, -0.1) is 6.58 Å². The molecule has 0 bridgehead atoms. The van der Waals surface area contributed by atoms with Crippen LogP contribution >= 0.6 is 0 Å². The third-order valence-electron chi connectivity index (χ3n) is 3.20. The number of nitrogens with one attached hydrogen (secondary N) is 1. The van der Waals surface area contributed by atoms with Gasteiger partial charge in [0.1, 0.15) is 5.56 Å². The normalized spacial score (nSPS) is 14.6. The first-order valence-electron chi connectivity index (χ1n) is 6.63. The number of rotatable bonds is 5. The van der Waals surface area contributed by atoms with Gasteiger partial charge in [0.15, 0.2) is 0 Å². The fourth-order valence-corrected chi connectivity index (χ4v) is 2.14. The minimum absolute atomic E-state index is 0.0610. The van der Waals surface area contributed by atoms with Crippen LogP contribution in [0, 0.1) is 10.1 Å². The second-order valence-corrected chi connectivity index (χ2v) is 4.56. The monoisotopic (exact) mass is 291 g/mol. The van der Waals surface area contributed by atoms with Crippen LogP contribution < -0.4 is 10.2 Å². The number of carbonyl (C=O) groups is 1. The fourth-order valence-electron chi connectivity index (χ4n) is 2.14. The number of nitrogens with zero attached hydrogens (tertiary/aromatic N) is 2. The maximum atomic E-state index is 12.1. The summed E-state index contributed by atoms with van der Waals surface area (Å²) in [5.74, 6) is -0.475. The van der Waals surface area contributed by atoms with Gasteiger partial charge in [-0.3, -0.25) is 14.9 Å². The molecule has 0 radical (unpaired) electrons. The van der Waals surface area contributed by atoms with Gasteiger partial charge in [0.2, 0.25) is 0 Å². The van der Waals surface area contributed by atoms with E-state index in [2.05, 4.69) is 11.9 Å². The Balaban J connectivity index is 2.31. The molecule has 1 fully saturated rings. The number of carbonyl (C=O) groups excluding carboxylic acids is 1. The second-order valence-electron chi connectivity index (χ2n) is 4.56. The molecule has 1 heterocycles. The number of nitro benzene ring substituents is 1. The summed E-state index contributed by atoms with van der Waals surface area (Å²) in [4.78, 5) is 24.6. The van der Waals surface area contributed by atoms with E-state index < -0.39 is 10.8 Å². The maximum Gasteiger partial charge on any atom is 0.282 e. The second kappa shape index (κ2) is 6.85. The molecule has 7 heteroatoms. The third kappa shape index (κ3) is 3.57. The smallest absolute Gasteiger partial charge is 0.282 e. The quantitative estimate of drug-likeness (QED) is 0.503. The van der Waals surface area contributed by atoms with E-state index in [1.165, 1.54) is 12.1 Å². The molecule has 0 aromatic heterocycles. The Labute approximate surface area is 122 Å². The lowest BCUT2D eigenvalue weighted by Gasteiger charge is -2.29. The zero-order valence-electron chi connectivity index (χ0n) is 11.6. The van der Waals surface area contributed by atoms with Gasteiger partial charge in [-0.1, -0.05) is 6.08 Å². The van der Waals surface area contributed by atoms with E-state index in [0.29, 0.717) is 26.3 Å². The summed E-state index contributed by atoms with van der Waals surface area (Å²) in [6, 6.07) is 4.59. The Hall–Kier alpha value is -2.41. The van der Waals surface area contributed by atoms with E-state index in [0.717, 1.165) is 5.69 Å². The molecule has 0 atom stereocenters. The van der Waals surface area contributed by atoms with Crippen molar-refractivity contribution in [2.45, 2.75) is 0 Å². The van der Waals surface area contributed by atoms with Gasteiger partial charge in [-0.05, 0) is 12.1 Å². The molecule has 1 saturated heterocycles. The zero-order chi connectivity index (χ0) is 15.2. The molecule has 1 aliphatic heterocycles. The van der Waals surface area contributed by atoms with Crippen LogP contribution in [-0.2, 0) is 4.74 Å². The molecule has 1 aromatic carbocycles. The Bertz CT molecular complexity index is 553. The van der Waals surface area contributed by atoms with Gasteiger partial charge in [-0.25, -0.2) is 0 Å². The molecular weight excluding hydrogens is 274 g/mol. The van der Waals surface area contributed by atoms with Crippen LogP contribution in [0.4, 0.5) is 11.4 Å². The first kappa shape index (κ1) is 15.0. The van der Waals surface area contributed by atoms with Crippen molar-refractivity contribution in [3.63, 3.8) is 0 Å². The SMILES string of the molecule is C=CCNC(=O)c1cc(N2CCOCC2)ccc1[N+](=O)[O-]. The fraction of sp³-hybridized carbons (Fsp3) is 0.357. The highest BCUT2D eigenvalue weighted by Gasteiger charge is 2.22. The average molecular weight is 291 g/mol. The van der Waals surface area contributed by atoms with Crippen LogP contribution in [0.3, 0.4) is 0 Å². The minimum Gasteiger partial charge on any atom is -0.378 e. The number of hydrogen-bond acceptors (Lipinski definition) is 5.